The smallest absolute Gasteiger partial charge is 0.417 e. The second kappa shape index (κ2) is 12.9. The number of hydrogen-bond acceptors (Lipinski definition) is 6. The molecule has 43 heavy (non-hydrogen) atoms. The highest BCUT2D eigenvalue weighted by atomic mass is 32.2. The number of aliphatic imine (C=N–C) groups is 1. The fourth-order valence-electron chi connectivity index (χ4n) is 4.39. The van der Waals surface area contributed by atoms with Gasteiger partial charge in [0.1, 0.15) is 5.60 Å². The number of thioether (sulfide) groups is 1. The van der Waals surface area contributed by atoms with Crippen LogP contribution in [0, 0.1) is 0 Å². The minimum Gasteiger partial charge on any atom is -0.444 e. The molecule has 0 radical (unpaired) electrons. The van der Waals surface area contributed by atoms with Crippen molar-refractivity contribution in [1.29, 1.82) is 0 Å². The first-order valence-electron chi connectivity index (χ1n) is 13.5. The van der Waals surface area contributed by atoms with E-state index in [0.717, 1.165) is 35.7 Å². The number of benzene rings is 1. The Balaban J connectivity index is 1.37. The minimum atomic E-state index is -4.79. The summed E-state index contributed by atoms with van der Waals surface area (Å²) in [5, 5.41) is 2.19. The molecule has 2 aromatic heterocycles. The van der Waals surface area contributed by atoms with E-state index in [1.54, 1.807) is 38.6 Å². The number of aromatic nitrogens is 2. The molecule has 230 valence electrons. The van der Waals surface area contributed by atoms with Crippen LogP contribution >= 0.6 is 11.8 Å². The molecule has 1 N–H and O–H groups in total. The number of pyridine rings is 2. The third-order valence-corrected chi connectivity index (χ3v) is 7.76. The maximum Gasteiger partial charge on any atom is 0.417 e. The number of hydrogen-bond donors (Lipinski definition) is 1. The highest BCUT2D eigenvalue weighted by molar-refractivity contribution is 8.00. The van der Waals surface area contributed by atoms with Gasteiger partial charge in [-0.2, -0.15) is 26.3 Å². The molecule has 4 rings (SSSR count). The van der Waals surface area contributed by atoms with Crippen molar-refractivity contribution in [3.8, 4) is 11.1 Å². The quantitative estimate of drug-likeness (QED) is 0.277. The standard InChI is InChI=1S/C30H30F6N4O2S/c1-28(2,3)42-27(41)40-26(30(34,35)36)24-16-19(14-15-37-24)18-4-9-22(10-5-18)43-23-11-7-21(8-12-23)39-25-13-6-20(17-38-25)29(31,32)33/h4-6,9-10,13-17,23,26H,7-8,11-12H2,1-3H3,(H,40,41). The molecule has 1 amide bonds. The molecule has 0 aliphatic heterocycles. The lowest BCUT2D eigenvalue weighted by molar-refractivity contribution is -0.157. The largest absolute Gasteiger partial charge is 0.444 e. The maximum atomic E-state index is 13.8. The normalized spacial score (nSPS) is 16.9. The first-order chi connectivity index (χ1) is 20.1. The zero-order valence-electron chi connectivity index (χ0n) is 23.6. The van der Waals surface area contributed by atoms with Gasteiger partial charge in [-0.15, -0.1) is 11.8 Å². The van der Waals surface area contributed by atoms with Crippen molar-refractivity contribution >= 4 is 29.4 Å². The highest BCUT2D eigenvalue weighted by Gasteiger charge is 2.43. The molecule has 1 aromatic carbocycles. The van der Waals surface area contributed by atoms with E-state index < -0.39 is 35.7 Å². The topological polar surface area (TPSA) is 76.5 Å². The first kappa shape index (κ1) is 32.3. The highest BCUT2D eigenvalue weighted by Crippen LogP contribution is 2.36. The number of amides is 1. The number of ether oxygens (including phenoxy) is 1. The first-order valence-corrected chi connectivity index (χ1v) is 14.3. The second-order valence-corrected chi connectivity index (χ2v) is 12.4. The summed E-state index contributed by atoms with van der Waals surface area (Å²) >= 11 is 1.69. The Kier molecular flexibility index (Phi) is 9.73. The summed E-state index contributed by atoms with van der Waals surface area (Å²) in [7, 11) is 0. The van der Waals surface area contributed by atoms with Crippen molar-refractivity contribution in [2.24, 2.45) is 4.99 Å². The van der Waals surface area contributed by atoms with Crippen LogP contribution in [0.3, 0.4) is 0 Å². The number of nitrogens with one attached hydrogen (secondary N) is 1. The predicted octanol–water partition coefficient (Wildman–Crippen LogP) is 9.10. The Morgan fingerprint density at radius 2 is 1.63 bits per heavy atom. The van der Waals surface area contributed by atoms with Crippen molar-refractivity contribution < 1.29 is 35.9 Å². The number of alkyl halides is 6. The van der Waals surface area contributed by atoms with E-state index >= 15 is 0 Å². The van der Waals surface area contributed by atoms with Crippen LogP contribution in [0.2, 0.25) is 0 Å². The monoisotopic (exact) mass is 624 g/mol. The molecular weight excluding hydrogens is 594 g/mol. The molecule has 0 saturated heterocycles. The summed E-state index contributed by atoms with van der Waals surface area (Å²) < 4.78 is 84.7. The lowest BCUT2D eigenvalue weighted by atomic mass is 9.98. The van der Waals surface area contributed by atoms with Gasteiger partial charge in [0.15, 0.2) is 11.9 Å². The molecule has 6 nitrogen and oxygen atoms in total. The number of rotatable bonds is 6. The van der Waals surface area contributed by atoms with E-state index in [2.05, 4.69) is 15.0 Å². The van der Waals surface area contributed by atoms with Crippen molar-refractivity contribution in [3.05, 3.63) is 72.2 Å². The van der Waals surface area contributed by atoms with Gasteiger partial charge in [-0.1, -0.05) is 12.1 Å². The van der Waals surface area contributed by atoms with Crippen LogP contribution < -0.4 is 5.32 Å². The average Bonchev–Trinajstić information content (AvgIpc) is 2.92. The lowest BCUT2D eigenvalue weighted by Crippen LogP contribution is -2.41. The van der Waals surface area contributed by atoms with Gasteiger partial charge in [0.05, 0.1) is 11.3 Å². The van der Waals surface area contributed by atoms with Gasteiger partial charge in [-0.3, -0.25) is 4.98 Å². The Bertz CT molecular complexity index is 1430. The van der Waals surface area contributed by atoms with Gasteiger partial charge in [-0.05, 0) is 94.0 Å². The molecule has 1 fully saturated rings. The molecule has 1 saturated carbocycles. The minimum absolute atomic E-state index is 0.256. The van der Waals surface area contributed by atoms with E-state index in [-0.39, 0.29) is 11.5 Å². The fraction of sp³-hybridized carbons (Fsp3) is 0.400. The van der Waals surface area contributed by atoms with Crippen LogP contribution in [0.25, 0.3) is 11.1 Å². The Hall–Kier alpha value is -3.61. The molecule has 1 aliphatic carbocycles. The number of carbonyl (C=O) groups excluding carboxylic acids is 1. The lowest BCUT2D eigenvalue weighted by Gasteiger charge is -2.25. The summed E-state index contributed by atoms with van der Waals surface area (Å²) in [4.78, 5) is 25.2. The molecule has 3 aromatic rings. The zero-order valence-corrected chi connectivity index (χ0v) is 24.4. The van der Waals surface area contributed by atoms with E-state index in [9.17, 15) is 31.1 Å². The average molecular weight is 625 g/mol. The van der Waals surface area contributed by atoms with Crippen LogP contribution in [-0.2, 0) is 10.9 Å². The number of carbonyl (C=O) groups is 1. The Labute approximate surface area is 249 Å². The van der Waals surface area contributed by atoms with Crippen LogP contribution in [0.5, 0.6) is 0 Å². The molecule has 0 spiro atoms. The summed E-state index contributed by atoms with van der Waals surface area (Å²) in [6.45, 7) is 4.67. The SMILES string of the molecule is CC(C)(C)OC(=O)NC(c1cc(-c2ccc(SC3CCC(=Nc4ccc(C(F)(F)F)cn4)CC3)cc2)ccn1)C(F)(F)F. The van der Waals surface area contributed by atoms with Gasteiger partial charge in [0.2, 0.25) is 0 Å². The van der Waals surface area contributed by atoms with Gasteiger partial charge in [0, 0.05) is 28.3 Å². The Morgan fingerprint density at radius 1 is 0.953 bits per heavy atom. The van der Waals surface area contributed by atoms with Crippen LogP contribution in [0.15, 0.2) is 70.8 Å². The van der Waals surface area contributed by atoms with Gasteiger partial charge in [-0.25, -0.2) is 14.8 Å². The molecular formula is C30H30F6N4O2S. The summed E-state index contributed by atoms with van der Waals surface area (Å²) in [6.07, 6.45) is -5.29. The number of nitrogens with zero attached hydrogens (tertiary/aromatic N) is 3. The molecule has 1 unspecified atom stereocenters. The number of halogens is 6. The second-order valence-electron chi connectivity index (χ2n) is 11.0. The number of alkyl carbamates (subject to hydrolysis) is 1. The van der Waals surface area contributed by atoms with E-state index in [0.29, 0.717) is 29.2 Å². The summed E-state index contributed by atoms with van der Waals surface area (Å²) in [5.41, 5.74) is -0.0414. The van der Waals surface area contributed by atoms with Crippen molar-refractivity contribution in [3.63, 3.8) is 0 Å². The van der Waals surface area contributed by atoms with Crippen LogP contribution in [-0.4, -0.2) is 38.8 Å². The van der Waals surface area contributed by atoms with Gasteiger partial charge >= 0.3 is 18.4 Å². The molecule has 2 heterocycles. The van der Waals surface area contributed by atoms with E-state index in [1.165, 1.54) is 18.3 Å². The predicted molar refractivity (Wildman–Crippen MR) is 152 cm³/mol. The summed E-state index contributed by atoms with van der Waals surface area (Å²) in [6, 6.07) is 10.2. The van der Waals surface area contributed by atoms with Crippen molar-refractivity contribution in [1.82, 2.24) is 15.3 Å². The van der Waals surface area contributed by atoms with E-state index in [1.807, 2.05) is 29.6 Å². The van der Waals surface area contributed by atoms with Crippen molar-refractivity contribution in [2.75, 3.05) is 0 Å². The molecule has 1 aliphatic rings. The Morgan fingerprint density at radius 3 is 2.19 bits per heavy atom. The van der Waals surface area contributed by atoms with Crippen LogP contribution in [0.4, 0.5) is 37.0 Å². The zero-order chi connectivity index (χ0) is 31.4. The summed E-state index contributed by atoms with van der Waals surface area (Å²) in [5.74, 6) is 0.256. The van der Waals surface area contributed by atoms with Crippen molar-refractivity contribution in [2.45, 2.75) is 80.6 Å². The fourth-order valence-corrected chi connectivity index (χ4v) is 5.54. The van der Waals surface area contributed by atoms with Crippen LogP contribution in [0.1, 0.15) is 63.8 Å². The molecule has 13 heteroatoms. The third kappa shape index (κ3) is 9.44. The van der Waals surface area contributed by atoms with Gasteiger partial charge in [0.25, 0.3) is 0 Å². The molecule has 1 atom stereocenters. The van der Waals surface area contributed by atoms with Gasteiger partial charge < -0.3 is 10.1 Å². The maximum absolute atomic E-state index is 13.8. The molecule has 0 bridgehead atoms. The third-order valence-electron chi connectivity index (χ3n) is 6.41. The van der Waals surface area contributed by atoms with E-state index in [4.69, 9.17) is 4.74 Å².